The van der Waals surface area contributed by atoms with E-state index in [9.17, 15) is 19.5 Å². The largest absolute Gasteiger partial charge is 0.488 e. The Bertz CT molecular complexity index is 843. The molecule has 0 saturated heterocycles. The van der Waals surface area contributed by atoms with Gasteiger partial charge in [0.2, 0.25) is 0 Å². The van der Waals surface area contributed by atoms with Gasteiger partial charge in [0.25, 0.3) is 5.91 Å². The van der Waals surface area contributed by atoms with Crippen LogP contribution >= 0.6 is 0 Å². The molecule has 6 nitrogen and oxygen atoms in total. The maximum atomic E-state index is 12.3. The molecule has 2 rings (SSSR count). The molecule has 0 heterocycles. The van der Waals surface area contributed by atoms with Crippen molar-refractivity contribution < 1.29 is 24.2 Å². The van der Waals surface area contributed by atoms with Crippen LogP contribution in [0.15, 0.2) is 42.5 Å². The minimum absolute atomic E-state index is 0.152. The molecule has 0 aliphatic heterocycles. The standard InChI is InChI=1S/C22H25NO5/c1-14(2)11-19(22(26)27)23-21(25)17-9-7-16(8-10-17)13-28-20-6-4-5-15(3)18(20)12-24/h4-10,12,14,19H,11,13H2,1-3H3,(H,23,25)(H,26,27)/t19-/m0/s1. The van der Waals surface area contributed by atoms with E-state index in [1.165, 1.54) is 0 Å². The second-order valence-electron chi connectivity index (χ2n) is 7.08. The molecule has 0 bridgehead atoms. The van der Waals surface area contributed by atoms with Crippen LogP contribution in [0.5, 0.6) is 5.75 Å². The number of carbonyl (C=O) groups is 3. The van der Waals surface area contributed by atoms with Gasteiger partial charge in [-0.25, -0.2) is 4.79 Å². The molecule has 0 spiro atoms. The first-order valence-corrected chi connectivity index (χ1v) is 9.12. The summed E-state index contributed by atoms with van der Waals surface area (Å²) in [6.45, 7) is 5.90. The number of carbonyl (C=O) groups excluding carboxylic acids is 2. The third kappa shape index (κ3) is 5.67. The van der Waals surface area contributed by atoms with Crippen LogP contribution in [-0.4, -0.2) is 29.3 Å². The van der Waals surface area contributed by atoms with Gasteiger partial charge in [-0.2, -0.15) is 0 Å². The van der Waals surface area contributed by atoms with Crippen LogP contribution in [0.1, 0.15) is 52.1 Å². The Kier molecular flexibility index (Phi) is 7.32. The van der Waals surface area contributed by atoms with Crippen molar-refractivity contribution in [3.63, 3.8) is 0 Å². The minimum atomic E-state index is -1.05. The number of hydrogen-bond acceptors (Lipinski definition) is 4. The number of aryl methyl sites for hydroxylation is 1. The number of ether oxygens (including phenoxy) is 1. The highest BCUT2D eigenvalue weighted by Gasteiger charge is 2.21. The van der Waals surface area contributed by atoms with Gasteiger partial charge in [0, 0.05) is 5.56 Å². The molecule has 148 valence electrons. The van der Waals surface area contributed by atoms with Gasteiger partial charge in [-0.05, 0) is 48.6 Å². The quantitative estimate of drug-likeness (QED) is 0.645. The molecule has 6 heteroatoms. The molecule has 0 aliphatic rings. The van der Waals surface area contributed by atoms with Gasteiger partial charge in [0.05, 0.1) is 5.56 Å². The predicted molar refractivity (Wildman–Crippen MR) is 106 cm³/mol. The van der Waals surface area contributed by atoms with Crippen molar-refractivity contribution in [1.82, 2.24) is 5.32 Å². The Hall–Kier alpha value is -3.15. The van der Waals surface area contributed by atoms with Gasteiger partial charge in [0.1, 0.15) is 18.4 Å². The fourth-order valence-corrected chi connectivity index (χ4v) is 2.78. The normalized spacial score (nSPS) is 11.7. The summed E-state index contributed by atoms with van der Waals surface area (Å²) in [6, 6.07) is 11.2. The van der Waals surface area contributed by atoms with E-state index in [1.807, 2.05) is 32.9 Å². The van der Waals surface area contributed by atoms with Gasteiger partial charge in [-0.15, -0.1) is 0 Å². The van der Waals surface area contributed by atoms with E-state index >= 15 is 0 Å². The zero-order chi connectivity index (χ0) is 20.7. The van der Waals surface area contributed by atoms with Crippen molar-refractivity contribution in [3.8, 4) is 5.75 Å². The summed E-state index contributed by atoms with van der Waals surface area (Å²) < 4.78 is 5.73. The Labute approximate surface area is 164 Å². The predicted octanol–water partition coefficient (Wildman–Crippen LogP) is 3.62. The molecule has 1 amide bonds. The number of hydrogen-bond donors (Lipinski definition) is 2. The van der Waals surface area contributed by atoms with E-state index in [4.69, 9.17) is 4.74 Å². The summed E-state index contributed by atoms with van der Waals surface area (Å²) in [7, 11) is 0. The third-order valence-electron chi connectivity index (χ3n) is 4.32. The first-order chi connectivity index (χ1) is 13.3. The monoisotopic (exact) mass is 383 g/mol. The van der Waals surface area contributed by atoms with E-state index in [-0.39, 0.29) is 12.5 Å². The van der Waals surface area contributed by atoms with E-state index < -0.39 is 17.9 Å². The number of nitrogens with one attached hydrogen (secondary N) is 1. The summed E-state index contributed by atoms with van der Waals surface area (Å²) in [4.78, 5) is 34.8. The highest BCUT2D eigenvalue weighted by Crippen LogP contribution is 2.21. The number of rotatable bonds is 9. The fourth-order valence-electron chi connectivity index (χ4n) is 2.78. The lowest BCUT2D eigenvalue weighted by molar-refractivity contribution is -0.139. The second-order valence-corrected chi connectivity index (χ2v) is 7.08. The van der Waals surface area contributed by atoms with Gasteiger partial charge in [-0.1, -0.05) is 38.1 Å². The summed E-state index contributed by atoms with van der Waals surface area (Å²) >= 11 is 0. The lowest BCUT2D eigenvalue weighted by Gasteiger charge is -2.16. The van der Waals surface area contributed by atoms with Crippen LogP contribution in [0.25, 0.3) is 0 Å². The molecule has 0 saturated carbocycles. The van der Waals surface area contributed by atoms with Crippen LogP contribution in [0.3, 0.4) is 0 Å². The van der Waals surface area contributed by atoms with E-state index in [0.717, 1.165) is 17.4 Å². The van der Waals surface area contributed by atoms with Crippen LogP contribution in [0, 0.1) is 12.8 Å². The molecule has 0 radical (unpaired) electrons. The maximum absolute atomic E-state index is 12.3. The van der Waals surface area contributed by atoms with E-state index in [0.29, 0.717) is 23.3 Å². The lowest BCUT2D eigenvalue weighted by Crippen LogP contribution is -2.41. The Morgan fingerprint density at radius 2 is 1.82 bits per heavy atom. The van der Waals surface area contributed by atoms with Crippen molar-refractivity contribution in [2.75, 3.05) is 0 Å². The molecule has 0 aliphatic carbocycles. The third-order valence-corrected chi connectivity index (χ3v) is 4.32. The lowest BCUT2D eigenvalue weighted by atomic mass is 10.0. The molecule has 2 aromatic carbocycles. The molecule has 2 N–H and O–H groups in total. The van der Waals surface area contributed by atoms with Gasteiger partial charge >= 0.3 is 5.97 Å². The number of carboxylic acid groups (broad SMARTS) is 1. The number of benzene rings is 2. The Morgan fingerprint density at radius 3 is 2.39 bits per heavy atom. The average molecular weight is 383 g/mol. The first kappa shape index (κ1) is 21.2. The van der Waals surface area contributed by atoms with Crippen molar-refractivity contribution in [2.24, 2.45) is 5.92 Å². The van der Waals surface area contributed by atoms with Gasteiger partial charge < -0.3 is 15.2 Å². The molecule has 28 heavy (non-hydrogen) atoms. The molecule has 0 fully saturated rings. The summed E-state index contributed by atoms with van der Waals surface area (Å²) in [5.74, 6) is -0.813. The van der Waals surface area contributed by atoms with Crippen LogP contribution in [0.4, 0.5) is 0 Å². The fraction of sp³-hybridized carbons (Fsp3) is 0.318. The van der Waals surface area contributed by atoms with Crippen LogP contribution in [-0.2, 0) is 11.4 Å². The average Bonchev–Trinajstić information content (AvgIpc) is 2.65. The number of aliphatic carboxylic acids is 1. The second kappa shape index (κ2) is 9.69. The van der Waals surface area contributed by atoms with Crippen LogP contribution < -0.4 is 10.1 Å². The Balaban J connectivity index is 2.01. The molecular formula is C22H25NO5. The minimum Gasteiger partial charge on any atom is -0.488 e. The van der Waals surface area contributed by atoms with Crippen molar-refractivity contribution in [2.45, 2.75) is 39.8 Å². The van der Waals surface area contributed by atoms with Crippen molar-refractivity contribution >= 4 is 18.2 Å². The first-order valence-electron chi connectivity index (χ1n) is 9.12. The highest BCUT2D eigenvalue weighted by atomic mass is 16.5. The zero-order valence-corrected chi connectivity index (χ0v) is 16.3. The maximum Gasteiger partial charge on any atom is 0.326 e. The van der Waals surface area contributed by atoms with Gasteiger partial charge in [0.15, 0.2) is 6.29 Å². The van der Waals surface area contributed by atoms with E-state index in [1.54, 1.807) is 30.3 Å². The van der Waals surface area contributed by atoms with Crippen LogP contribution in [0.2, 0.25) is 0 Å². The van der Waals surface area contributed by atoms with Gasteiger partial charge in [-0.3, -0.25) is 9.59 Å². The highest BCUT2D eigenvalue weighted by molar-refractivity contribution is 5.96. The summed E-state index contributed by atoms with van der Waals surface area (Å²) in [5.41, 5.74) is 2.56. The Morgan fingerprint density at radius 1 is 1.14 bits per heavy atom. The molecule has 2 aromatic rings. The zero-order valence-electron chi connectivity index (χ0n) is 16.3. The smallest absolute Gasteiger partial charge is 0.326 e. The summed E-state index contributed by atoms with van der Waals surface area (Å²) in [5, 5.41) is 11.8. The molecular weight excluding hydrogens is 358 g/mol. The number of aldehydes is 1. The SMILES string of the molecule is Cc1cccc(OCc2ccc(C(=O)N[C@@H](CC(C)C)C(=O)O)cc2)c1C=O. The molecule has 0 aromatic heterocycles. The van der Waals surface area contributed by atoms with Crippen molar-refractivity contribution in [1.29, 1.82) is 0 Å². The number of carboxylic acids is 1. The molecule has 1 atom stereocenters. The molecule has 0 unspecified atom stereocenters. The number of amides is 1. The van der Waals surface area contributed by atoms with Crippen molar-refractivity contribution in [3.05, 3.63) is 64.7 Å². The topological polar surface area (TPSA) is 92.7 Å². The van der Waals surface area contributed by atoms with E-state index in [2.05, 4.69) is 5.32 Å². The summed E-state index contributed by atoms with van der Waals surface area (Å²) in [6.07, 6.45) is 1.14.